The molecule has 0 radical (unpaired) electrons. The van der Waals surface area contributed by atoms with Crippen molar-refractivity contribution in [2.24, 2.45) is 0 Å². The number of carbonyl (C=O) groups is 2. The van der Waals surface area contributed by atoms with Gasteiger partial charge in [0.2, 0.25) is 0 Å². The molecule has 2 atom stereocenters. The molecule has 6 heteroatoms. The Hall–Kier alpha value is -1.30. The lowest BCUT2D eigenvalue weighted by molar-refractivity contribution is -0.138. The third-order valence-corrected chi connectivity index (χ3v) is 2.58. The Bertz CT molecular complexity index is 323. The van der Waals surface area contributed by atoms with Gasteiger partial charge in [0.05, 0.1) is 6.04 Å². The topological polar surface area (TPSA) is 78.9 Å². The summed E-state index contributed by atoms with van der Waals surface area (Å²) in [6.07, 6.45) is -0.790. The van der Waals surface area contributed by atoms with Crippen molar-refractivity contribution in [1.29, 1.82) is 0 Å². The number of rotatable bonds is 2. The number of carbonyl (C=O) groups excluding carboxylic acids is 2. The summed E-state index contributed by atoms with van der Waals surface area (Å²) in [5, 5.41) is 11.9. The highest BCUT2D eigenvalue weighted by Crippen LogP contribution is 2.12. The first kappa shape index (κ1) is 14.8. The monoisotopic (exact) mass is 258 g/mol. The molecule has 0 bridgehead atoms. The summed E-state index contributed by atoms with van der Waals surface area (Å²) < 4.78 is 5.14. The number of nitrogens with zero attached hydrogens (tertiary/aromatic N) is 1. The molecule has 2 amide bonds. The first-order valence-electron chi connectivity index (χ1n) is 6.15. The van der Waals surface area contributed by atoms with E-state index in [1.807, 2.05) is 0 Å². The Morgan fingerprint density at radius 3 is 2.56 bits per heavy atom. The van der Waals surface area contributed by atoms with Crippen molar-refractivity contribution >= 4 is 12.0 Å². The van der Waals surface area contributed by atoms with Gasteiger partial charge in [-0.05, 0) is 34.1 Å². The van der Waals surface area contributed by atoms with Crippen molar-refractivity contribution in [2.45, 2.75) is 51.9 Å². The van der Waals surface area contributed by atoms with Gasteiger partial charge in [-0.25, -0.2) is 4.79 Å². The van der Waals surface area contributed by atoms with Crippen molar-refractivity contribution in [1.82, 2.24) is 10.2 Å². The molecule has 1 aliphatic heterocycles. The van der Waals surface area contributed by atoms with E-state index in [9.17, 15) is 14.7 Å². The molecule has 0 aliphatic carbocycles. The van der Waals surface area contributed by atoms with Crippen LogP contribution in [-0.2, 0) is 9.53 Å². The zero-order valence-corrected chi connectivity index (χ0v) is 11.4. The maximum absolute atomic E-state index is 11.5. The van der Waals surface area contributed by atoms with Gasteiger partial charge in [-0.15, -0.1) is 0 Å². The number of ether oxygens (including phenoxy) is 1. The number of aliphatic hydroxyl groups is 1. The summed E-state index contributed by atoms with van der Waals surface area (Å²) in [5.74, 6) is -0.302. The van der Waals surface area contributed by atoms with Gasteiger partial charge in [-0.1, -0.05) is 0 Å². The highest BCUT2D eigenvalue weighted by atomic mass is 16.6. The minimum Gasteiger partial charge on any atom is -0.444 e. The molecule has 1 heterocycles. The number of hydrogen-bond donors (Lipinski definition) is 2. The van der Waals surface area contributed by atoms with Crippen LogP contribution in [-0.4, -0.2) is 52.8 Å². The largest absolute Gasteiger partial charge is 0.444 e. The third kappa shape index (κ3) is 4.52. The Balaban J connectivity index is 2.39. The first-order chi connectivity index (χ1) is 8.19. The van der Waals surface area contributed by atoms with E-state index in [-0.39, 0.29) is 11.9 Å². The zero-order chi connectivity index (χ0) is 13.9. The second-order valence-electron chi connectivity index (χ2n) is 5.59. The summed E-state index contributed by atoms with van der Waals surface area (Å²) in [6, 6.07) is -0.109. The van der Waals surface area contributed by atoms with Crippen molar-refractivity contribution in [3.05, 3.63) is 0 Å². The SMILES string of the molecule is CC(O)C(=O)N1CCC(NC(=O)OC(C)(C)C)C1. The second-order valence-corrected chi connectivity index (χ2v) is 5.59. The minimum atomic E-state index is -0.995. The fraction of sp³-hybridized carbons (Fsp3) is 0.833. The highest BCUT2D eigenvalue weighted by molar-refractivity contribution is 5.80. The van der Waals surface area contributed by atoms with Gasteiger partial charge in [0, 0.05) is 13.1 Å². The fourth-order valence-corrected chi connectivity index (χ4v) is 1.82. The Labute approximate surface area is 107 Å². The molecule has 0 aromatic heterocycles. The van der Waals surface area contributed by atoms with Crippen LogP contribution in [0.4, 0.5) is 4.79 Å². The van der Waals surface area contributed by atoms with Crippen LogP contribution in [0.3, 0.4) is 0 Å². The average Bonchev–Trinajstić information content (AvgIpc) is 2.61. The summed E-state index contributed by atoms with van der Waals surface area (Å²) in [7, 11) is 0. The molecule has 0 aromatic rings. The Kier molecular flexibility index (Phi) is 4.56. The molecular weight excluding hydrogens is 236 g/mol. The van der Waals surface area contributed by atoms with Crippen LogP contribution < -0.4 is 5.32 Å². The lowest BCUT2D eigenvalue weighted by Crippen LogP contribution is -2.42. The maximum atomic E-state index is 11.5. The second kappa shape index (κ2) is 5.56. The van der Waals surface area contributed by atoms with Gasteiger partial charge in [-0.2, -0.15) is 0 Å². The van der Waals surface area contributed by atoms with Gasteiger partial charge < -0.3 is 20.1 Å². The third-order valence-electron chi connectivity index (χ3n) is 2.58. The predicted octanol–water partition coefficient (Wildman–Crippen LogP) is 0.493. The van der Waals surface area contributed by atoms with E-state index in [1.165, 1.54) is 6.92 Å². The molecule has 0 aromatic carbocycles. The van der Waals surface area contributed by atoms with Crippen molar-refractivity contribution in [3.8, 4) is 0 Å². The van der Waals surface area contributed by atoms with Crippen LogP contribution >= 0.6 is 0 Å². The van der Waals surface area contributed by atoms with Gasteiger partial charge in [0.25, 0.3) is 5.91 Å². The fourth-order valence-electron chi connectivity index (χ4n) is 1.82. The number of hydrogen-bond acceptors (Lipinski definition) is 4. The molecular formula is C12H22N2O4. The van der Waals surface area contributed by atoms with Crippen LogP contribution in [0.25, 0.3) is 0 Å². The molecule has 18 heavy (non-hydrogen) atoms. The summed E-state index contributed by atoms with van der Waals surface area (Å²) in [5.41, 5.74) is -0.530. The molecule has 2 N–H and O–H groups in total. The molecule has 104 valence electrons. The first-order valence-corrected chi connectivity index (χ1v) is 6.15. The van der Waals surface area contributed by atoms with E-state index in [0.717, 1.165) is 0 Å². The number of alkyl carbamates (subject to hydrolysis) is 1. The van der Waals surface area contributed by atoms with E-state index < -0.39 is 17.8 Å². The van der Waals surface area contributed by atoms with Crippen molar-refractivity contribution in [2.75, 3.05) is 13.1 Å². The quantitative estimate of drug-likeness (QED) is 0.755. The van der Waals surface area contributed by atoms with Crippen molar-refractivity contribution < 1.29 is 19.4 Å². The van der Waals surface area contributed by atoms with Crippen LogP contribution in [0.1, 0.15) is 34.1 Å². The zero-order valence-electron chi connectivity index (χ0n) is 11.4. The standard InChI is InChI=1S/C12H22N2O4/c1-8(15)10(16)14-6-5-9(7-14)13-11(17)18-12(2,3)4/h8-9,15H,5-7H2,1-4H3,(H,13,17). The van der Waals surface area contributed by atoms with Crippen LogP contribution in [0.2, 0.25) is 0 Å². The minimum absolute atomic E-state index is 0.109. The number of nitrogens with one attached hydrogen (secondary N) is 1. The highest BCUT2D eigenvalue weighted by Gasteiger charge is 2.30. The van der Waals surface area contributed by atoms with E-state index >= 15 is 0 Å². The van der Waals surface area contributed by atoms with Crippen molar-refractivity contribution in [3.63, 3.8) is 0 Å². The van der Waals surface area contributed by atoms with E-state index in [2.05, 4.69) is 5.32 Å². The van der Waals surface area contributed by atoms with Crippen LogP contribution in [0, 0.1) is 0 Å². The molecule has 1 aliphatic rings. The number of amides is 2. The van der Waals surface area contributed by atoms with Crippen LogP contribution in [0.5, 0.6) is 0 Å². The normalized spacial score (nSPS) is 21.6. The summed E-state index contributed by atoms with van der Waals surface area (Å²) in [6.45, 7) is 7.80. The molecule has 1 rings (SSSR count). The molecule has 6 nitrogen and oxygen atoms in total. The number of likely N-dealkylation sites (tertiary alicyclic amines) is 1. The summed E-state index contributed by atoms with van der Waals surface area (Å²) in [4.78, 5) is 24.6. The Morgan fingerprint density at radius 2 is 2.06 bits per heavy atom. The lowest BCUT2D eigenvalue weighted by Gasteiger charge is -2.22. The average molecular weight is 258 g/mol. The van der Waals surface area contributed by atoms with Crippen LogP contribution in [0.15, 0.2) is 0 Å². The molecule has 1 fully saturated rings. The molecule has 0 saturated carbocycles. The molecule has 1 saturated heterocycles. The smallest absolute Gasteiger partial charge is 0.407 e. The maximum Gasteiger partial charge on any atom is 0.407 e. The molecule has 0 spiro atoms. The predicted molar refractivity (Wildman–Crippen MR) is 66.0 cm³/mol. The number of aliphatic hydroxyl groups excluding tert-OH is 1. The summed E-state index contributed by atoms with van der Waals surface area (Å²) >= 11 is 0. The Morgan fingerprint density at radius 1 is 1.44 bits per heavy atom. The van der Waals surface area contributed by atoms with E-state index in [1.54, 1.807) is 25.7 Å². The van der Waals surface area contributed by atoms with Gasteiger partial charge >= 0.3 is 6.09 Å². The van der Waals surface area contributed by atoms with Gasteiger partial charge in [0.15, 0.2) is 0 Å². The van der Waals surface area contributed by atoms with Gasteiger partial charge in [-0.3, -0.25) is 4.79 Å². The van der Waals surface area contributed by atoms with E-state index in [0.29, 0.717) is 19.5 Å². The molecule has 2 unspecified atom stereocenters. The van der Waals surface area contributed by atoms with E-state index in [4.69, 9.17) is 4.74 Å². The van der Waals surface area contributed by atoms with Gasteiger partial charge in [0.1, 0.15) is 11.7 Å². The lowest BCUT2D eigenvalue weighted by atomic mass is 10.2.